The molecule has 2 heterocycles. The molecule has 0 saturated carbocycles. The van der Waals surface area contributed by atoms with Crippen molar-refractivity contribution in [2.75, 3.05) is 25.1 Å². The van der Waals surface area contributed by atoms with E-state index in [0.29, 0.717) is 11.6 Å². The number of ether oxygens (including phenoxy) is 1. The van der Waals surface area contributed by atoms with Crippen LogP contribution in [0.5, 0.6) is 0 Å². The topological polar surface area (TPSA) is 56.1 Å². The van der Waals surface area contributed by atoms with Crippen molar-refractivity contribution in [1.82, 2.24) is 9.78 Å². The predicted molar refractivity (Wildman–Crippen MR) is 66.5 cm³/mol. The Labute approximate surface area is 105 Å². The molecule has 17 heavy (non-hydrogen) atoms. The SMILES string of the molecule is Cn1ncc(NCC2CCCOC2)c(Cl)c1=O. The summed E-state index contributed by atoms with van der Waals surface area (Å²) in [5.41, 5.74) is 0.317. The first-order valence-corrected chi connectivity index (χ1v) is 6.09. The summed E-state index contributed by atoms with van der Waals surface area (Å²) in [6, 6.07) is 0. The molecule has 6 heteroatoms. The zero-order chi connectivity index (χ0) is 12.3. The quantitative estimate of drug-likeness (QED) is 0.886. The van der Waals surface area contributed by atoms with Crippen molar-refractivity contribution in [2.24, 2.45) is 13.0 Å². The second-order valence-corrected chi connectivity index (χ2v) is 4.64. The molecule has 1 aromatic heterocycles. The minimum atomic E-state index is -0.281. The minimum Gasteiger partial charge on any atom is -0.382 e. The predicted octanol–water partition coefficient (Wildman–Crippen LogP) is 1.27. The number of hydrogen-bond donors (Lipinski definition) is 1. The van der Waals surface area contributed by atoms with Crippen LogP contribution in [0.15, 0.2) is 11.0 Å². The van der Waals surface area contributed by atoms with E-state index >= 15 is 0 Å². The van der Waals surface area contributed by atoms with Crippen molar-refractivity contribution in [3.05, 3.63) is 21.6 Å². The van der Waals surface area contributed by atoms with Gasteiger partial charge in [0, 0.05) is 20.2 Å². The van der Waals surface area contributed by atoms with Crippen LogP contribution in [0, 0.1) is 5.92 Å². The maximum Gasteiger partial charge on any atom is 0.287 e. The lowest BCUT2D eigenvalue weighted by molar-refractivity contribution is 0.0595. The van der Waals surface area contributed by atoms with Crippen LogP contribution in [0.3, 0.4) is 0 Å². The lowest BCUT2D eigenvalue weighted by Gasteiger charge is -2.22. The molecule has 2 rings (SSSR count). The van der Waals surface area contributed by atoms with Crippen molar-refractivity contribution in [2.45, 2.75) is 12.8 Å². The molecule has 1 aliphatic rings. The van der Waals surface area contributed by atoms with Crippen LogP contribution in [0.2, 0.25) is 5.02 Å². The van der Waals surface area contributed by atoms with Crippen LogP contribution in [0.25, 0.3) is 0 Å². The fraction of sp³-hybridized carbons (Fsp3) is 0.636. The molecule has 0 spiro atoms. The van der Waals surface area contributed by atoms with E-state index in [0.717, 1.165) is 32.6 Å². The Balaban J connectivity index is 1.99. The molecule has 1 aliphatic heterocycles. The standard InChI is InChI=1S/C11H16ClN3O2/c1-15-11(16)10(12)9(6-14-15)13-5-8-3-2-4-17-7-8/h6,8,13H,2-5,7H2,1H3. The van der Waals surface area contributed by atoms with E-state index < -0.39 is 0 Å². The van der Waals surface area contributed by atoms with Gasteiger partial charge in [-0.25, -0.2) is 4.68 Å². The van der Waals surface area contributed by atoms with Crippen molar-refractivity contribution in [3.8, 4) is 0 Å². The molecule has 1 aromatic rings. The molecular weight excluding hydrogens is 242 g/mol. The monoisotopic (exact) mass is 257 g/mol. The van der Waals surface area contributed by atoms with Gasteiger partial charge in [-0.05, 0) is 18.8 Å². The van der Waals surface area contributed by atoms with Gasteiger partial charge in [0.15, 0.2) is 0 Å². The average Bonchev–Trinajstić information content (AvgIpc) is 2.36. The van der Waals surface area contributed by atoms with Gasteiger partial charge in [0.2, 0.25) is 0 Å². The molecule has 0 aliphatic carbocycles. The summed E-state index contributed by atoms with van der Waals surface area (Å²) < 4.78 is 6.61. The van der Waals surface area contributed by atoms with Gasteiger partial charge >= 0.3 is 0 Å². The lowest BCUT2D eigenvalue weighted by atomic mass is 10.0. The van der Waals surface area contributed by atoms with E-state index in [-0.39, 0.29) is 10.6 Å². The third-order valence-corrected chi connectivity index (χ3v) is 3.28. The van der Waals surface area contributed by atoms with Gasteiger partial charge in [-0.1, -0.05) is 11.6 Å². The molecule has 0 amide bonds. The van der Waals surface area contributed by atoms with Crippen LogP contribution >= 0.6 is 11.6 Å². The maximum absolute atomic E-state index is 11.5. The smallest absolute Gasteiger partial charge is 0.287 e. The van der Waals surface area contributed by atoms with Crippen molar-refractivity contribution >= 4 is 17.3 Å². The minimum absolute atomic E-state index is 0.194. The Morgan fingerprint density at radius 2 is 2.53 bits per heavy atom. The number of anilines is 1. The molecule has 0 bridgehead atoms. The summed E-state index contributed by atoms with van der Waals surface area (Å²) in [6.45, 7) is 2.38. The summed E-state index contributed by atoms with van der Waals surface area (Å²) in [5, 5.41) is 7.29. The molecule has 0 radical (unpaired) electrons. The summed E-state index contributed by atoms with van der Waals surface area (Å²) >= 11 is 5.95. The van der Waals surface area contributed by atoms with Crippen LogP contribution in [-0.2, 0) is 11.8 Å². The molecule has 1 unspecified atom stereocenters. The Hall–Kier alpha value is -1.07. The van der Waals surface area contributed by atoms with Gasteiger partial charge in [-0.3, -0.25) is 4.79 Å². The van der Waals surface area contributed by atoms with Gasteiger partial charge in [0.25, 0.3) is 5.56 Å². The molecule has 94 valence electrons. The van der Waals surface area contributed by atoms with Crippen LogP contribution in [-0.4, -0.2) is 29.5 Å². The Kier molecular flexibility index (Phi) is 4.02. The van der Waals surface area contributed by atoms with Crippen molar-refractivity contribution in [1.29, 1.82) is 0 Å². The van der Waals surface area contributed by atoms with E-state index in [2.05, 4.69) is 10.4 Å². The highest BCUT2D eigenvalue weighted by molar-refractivity contribution is 6.32. The number of aromatic nitrogens is 2. The molecule has 1 fully saturated rings. The Bertz CT molecular complexity index is 441. The van der Waals surface area contributed by atoms with Crippen LogP contribution in [0.1, 0.15) is 12.8 Å². The van der Waals surface area contributed by atoms with E-state index in [1.54, 1.807) is 13.2 Å². The van der Waals surface area contributed by atoms with Crippen LogP contribution < -0.4 is 10.9 Å². The molecule has 1 saturated heterocycles. The molecule has 1 atom stereocenters. The normalized spacial score (nSPS) is 20.2. The highest BCUT2D eigenvalue weighted by atomic mass is 35.5. The van der Waals surface area contributed by atoms with Gasteiger partial charge in [0.1, 0.15) is 5.02 Å². The summed E-state index contributed by atoms with van der Waals surface area (Å²) in [7, 11) is 1.58. The van der Waals surface area contributed by atoms with E-state index in [1.165, 1.54) is 4.68 Å². The van der Waals surface area contributed by atoms with Gasteiger partial charge in [0.05, 0.1) is 18.5 Å². The zero-order valence-corrected chi connectivity index (χ0v) is 10.5. The van der Waals surface area contributed by atoms with Crippen molar-refractivity contribution in [3.63, 3.8) is 0 Å². The fourth-order valence-electron chi connectivity index (χ4n) is 1.86. The first-order chi connectivity index (χ1) is 8.18. The summed E-state index contributed by atoms with van der Waals surface area (Å²) in [5.74, 6) is 0.476. The van der Waals surface area contributed by atoms with E-state index in [9.17, 15) is 4.79 Å². The van der Waals surface area contributed by atoms with E-state index in [4.69, 9.17) is 16.3 Å². The molecule has 5 nitrogen and oxygen atoms in total. The average molecular weight is 258 g/mol. The van der Waals surface area contributed by atoms with E-state index in [1.807, 2.05) is 0 Å². The zero-order valence-electron chi connectivity index (χ0n) is 9.78. The highest BCUT2D eigenvalue weighted by Crippen LogP contribution is 2.18. The number of rotatable bonds is 3. The molecule has 0 aromatic carbocycles. The second kappa shape index (κ2) is 5.51. The maximum atomic E-state index is 11.5. The van der Waals surface area contributed by atoms with Crippen LogP contribution in [0.4, 0.5) is 5.69 Å². The molecule has 1 N–H and O–H groups in total. The van der Waals surface area contributed by atoms with Gasteiger partial charge in [-0.2, -0.15) is 5.10 Å². The summed E-state index contributed by atoms with van der Waals surface area (Å²) in [4.78, 5) is 11.5. The summed E-state index contributed by atoms with van der Waals surface area (Å²) in [6.07, 6.45) is 3.81. The second-order valence-electron chi connectivity index (χ2n) is 4.27. The Morgan fingerprint density at radius 3 is 3.24 bits per heavy atom. The number of nitrogens with zero attached hydrogens (tertiary/aromatic N) is 2. The first-order valence-electron chi connectivity index (χ1n) is 5.72. The number of hydrogen-bond acceptors (Lipinski definition) is 4. The largest absolute Gasteiger partial charge is 0.382 e. The van der Waals surface area contributed by atoms with Gasteiger partial charge < -0.3 is 10.1 Å². The van der Waals surface area contributed by atoms with Crippen molar-refractivity contribution < 1.29 is 4.74 Å². The highest BCUT2D eigenvalue weighted by Gasteiger charge is 2.14. The number of nitrogens with one attached hydrogen (secondary N) is 1. The lowest BCUT2D eigenvalue weighted by Crippen LogP contribution is -2.26. The third-order valence-electron chi connectivity index (χ3n) is 2.91. The Morgan fingerprint density at radius 1 is 1.71 bits per heavy atom. The number of aryl methyl sites for hydroxylation is 1. The third kappa shape index (κ3) is 2.98. The molecular formula is C11H16ClN3O2. The first kappa shape index (κ1) is 12.4. The fourth-order valence-corrected chi connectivity index (χ4v) is 2.09. The number of halogens is 1. The van der Waals surface area contributed by atoms with Gasteiger partial charge in [-0.15, -0.1) is 0 Å².